The number of nitrogens with one attached hydrogen (secondary N) is 2. The lowest BCUT2D eigenvalue weighted by Crippen LogP contribution is -2.56. The number of guanidine groups is 1. The standard InChI is InChI=1S/C38H50N4O3/c1-40-35(39)42-28-16-14-24-11-7-12-26(19-29-18-23-8-5-6-13-32(23)41-29)36(24)21-27-15-17-30(36)34-31(20-33(43)37(34,44)22-28)38(27,45)25-9-3-2-4-10-25/h5-6,8,12-13,18,24-25,27-28,30-31,33-34,41,43-45H,2-4,7,9-11,15,17,19-22H2,1H3,(H3,39,40,42)/t24-,27-,28-,30-,31+,33+,34+,36+,37+,38-/m1/s1. The summed E-state index contributed by atoms with van der Waals surface area (Å²) in [6.45, 7) is 0. The number of fused-ring (bicyclic) bond motifs is 2. The zero-order valence-corrected chi connectivity index (χ0v) is 26.6. The lowest BCUT2D eigenvalue weighted by Gasteiger charge is -2.56. The number of aliphatic imine (C=N–C) groups is 1. The number of allylic oxidation sites excluding steroid dienone is 2. The molecular formula is C38H50N4O3. The first-order chi connectivity index (χ1) is 21.8. The number of H-pyrrole nitrogens is 1. The number of aromatic nitrogens is 1. The highest BCUT2D eigenvalue weighted by Gasteiger charge is 2.72. The number of aromatic amines is 1. The van der Waals surface area contributed by atoms with E-state index in [1.807, 2.05) is 0 Å². The van der Waals surface area contributed by atoms with E-state index in [1.165, 1.54) is 23.1 Å². The fourth-order valence-electron chi connectivity index (χ4n) is 11.9. The van der Waals surface area contributed by atoms with E-state index in [0.29, 0.717) is 12.4 Å². The highest BCUT2D eigenvalue weighted by atomic mass is 16.3. The van der Waals surface area contributed by atoms with Crippen LogP contribution in [0, 0.1) is 52.8 Å². The summed E-state index contributed by atoms with van der Waals surface area (Å²) in [4.78, 5) is 7.85. The Morgan fingerprint density at radius 1 is 1.02 bits per heavy atom. The van der Waals surface area contributed by atoms with Crippen LogP contribution in [-0.2, 0) is 6.42 Å². The molecule has 240 valence electrons. The van der Waals surface area contributed by atoms with Gasteiger partial charge in [-0.1, -0.05) is 61.0 Å². The van der Waals surface area contributed by atoms with Crippen molar-refractivity contribution in [3.63, 3.8) is 0 Å². The molecular weight excluding hydrogens is 560 g/mol. The summed E-state index contributed by atoms with van der Waals surface area (Å²) in [5, 5.41) is 42.7. The van der Waals surface area contributed by atoms with Crippen molar-refractivity contribution >= 4 is 16.9 Å². The zero-order valence-electron chi connectivity index (χ0n) is 26.6. The smallest absolute Gasteiger partial charge is 0.189 e. The van der Waals surface area contributed by atoms with E-state index in [1.54, 1.807) is 7.05 Å². The number of rotatable bonds is 4. The van der Waals surface area contributed by atoms with E-state index in [0.717, 1.165) is 69.7 Å². The van der Waals surface area contributed by atoms with Gasteiger partial charge in [0.1, 0.15) is 0 Å². The first-order valence-corrected chi connectivity index (χ1v) is 17.7. The molecule has 7 aliphatic carbocycles. The number of nitrogens with two attached hydrogens (primary N) is 1. The van der Waals surface area contributed by atoms with Gasteiger partial charge in [0.2, 0.25) is 0 Å². The number of hydrogen-bond acceptors (Lipinski definition) is 4. The first kappa shape index (κ1) is 29.6. The average molecular weight is 611 g/mol. The molecule has 4 bridgehead atoms. The van der Waals surface area contributed by atoms with Gasteiger partial charge in [-0.25, -0.2) is 0 Å². The predicted octanol–water partition coefficient (Wildman–Crippen LogP) is 4.81. The second-order valence-electron chi connectivity index (χ2n) is 15.4. The van der Waals surface area contributed by atoms with Gasteiger partial charge < -0.3 is 31.4 Å². The Hall–Kier alpha value is -2.79. The Morgan fingerprint density at radius 3 is 2.64 bits per heavy atom. The maximum atomic E-state index is 13.4. The molecule has 1 aromatic heterocycles. The summed E-state index contributed by atoms with van der Waals surface area (Å²) in [6.07, 6.45) is 13.5. The molecule has 1 spiro atoms. The molecule has 9 rings (SSSR count). The number of para-hydroxylation sites is 1. The van der Waals surface area contributed by atoms with Crippen LogP contribution in [0.3, 0.4) is 0 Å². The van der Waals surface area contributed by atoms with Crippen molar-refractivity contribution in [2.45, 2.75) is 107 Å². The normalized spacial score (nSPS) is 42.9. The summed E-state index contributed by atoms with van der Waals surface area (Å²) in [6, 6.07) is 10.3. The third kappa shape index (κ3) is 4.38. The molecule has 7 aliphatic rings. The van der Waals surface area contributed by atoms with Crippen LogP contribution in [-0.4, -0.2) is 56.7 Å². The Kier molecular flexibility index (Phi) is 7.17. The minimum absolute atomic E-state index is 0.105. The summed E-state index contributed by atoms with van der Waals surface area (Å²) in [5.41, 5.74) is 7.41. The van der Waals surface area contributed by atoms with Crippen LogP contribution < -0.4 is 11.1 Å². The second kappa shape index (κ2) is 10.9. The minimum Gasteiger partial charge on any atom is -0.390 e. The molecule has 0 radical (unpaired) electrons. The summed E-state index contributed by atoms with van der Waals surface area (Å²) >= 11 is 0. The van der Waals surface area contributed by atoms with Crippen LogP contribution in [0.5, 0.6) is 0 Å². The topological polar surface area (TPSA) is 127 Å². The maximum Gasteiger partial charge on any atom is 0.189 e. The van der Waals surface area contributed by atoms with Crippen molar-refractivity contribution in [3.05, 3.63) is 47.7 Å². The van der Waals surface area contributed by atoms with Gasteiger partial charge in [0.05, 0.1) is 23.3 Å². The van der Waals surface area contributed by atoms with Crippen LogP contribution in [0.1, 0.15) is 82.7 Å². The van der Waals surface area contributed by atoms with Crippen LogP contribution >= 0.6 is 0 Å². The van der Waals surface area contributed by atoms with Gasteiger partial charge >= 0.3 is 0 Å². The highest BCUT2D eigenvalue weighted by molar-refractivity contribution is 5.80. The Balaban J connectivity index is 1.31. The molecule has 7 nitrogen and oxygen atoms in total. The van der Waals surface area contributed by atoms with E-state index in [4.69, 9.17) is 5.73 Å². The van der Waals surface area contributed by atoms with E-state index < -0.39 is 23.3 Å². The van der Waals surface area contributed by atoms with Crippen molar-refractivity contribution < 1.29 is 15.3 Å². The van der Waals surface area contributed by atoms with Crippen molar-refractivity contribution in [1.82, 2.24) is 10.3 Å². The SMILES string of the molecule is CN=C(N)N[C@@H]1C#C[C@H]2CCC=C(Cc3cc4ccccc4[nH]3)[C@]23C[C@H]2CC[C@@H]3[C@H]3[C@H](C[C@H](O)[C@@]3(O)C1)[C@@]2(O)C1CCCCC1. The molecule has 1 aromatic carbocycles. The van der Waals surface area contributed by atoms with E-state index in [9.17, 15) is 15.3 Å². The first-order valence-electron chi connectivity index (χ1n) is 17.7. The van der Waals surface area contributed by atoms with Gasteiger partial charge in [-0.3, -0.25) is 4.99 Å². The monoisotopic (exact) mass is 610 g/mol. The van der Waals surface area contributed by atoms with Gasteiger partial charge in [0, 0.05) is 42.4 Å². The molecule has 0 saturated heterocycles. The van der Waals surface area contributed by atoms with Gasteiger partial charge in [-0.2, -0.15) is 0 Å². The van der Waals surface area contributed by atoms with E-state index >= 15 is 0 Å². The van der Waals surface area contributed by atoms with E-state index in [-0.39, 0.29) is 47.3 Å². The van der Waals surface area contributed by atoms with Crippen LogP contribution in [0.2, 0.25) is 0 Å². The van der Waals surface area contributed by atoms with Crippen molar-refractivity contribution in [2.75, 3.05) is 7.05 Å². The summed E-state index contributed by atoms with van der Waals surface area (Å²) in [5.74, 6) is 7.82. The Morgan fingerprint density at radius 2 is 1.84 bits per heavy atom. The van der Waals surface area contributed by atoms with Crippen molar-refractivity contribution in [2.24, 2.45) is 51.6 Å². The van der Waals surface area contributed by atoms with Crippen molar-refractivity contribution in [1.29, 1.82) is 0 Å². The van der Waals surface area contributed by atoms with Crippen LogP contribution in [0.4, 0.5) is 0 Å². The maximum absolute atomic E-state index is 13.4. The third-order valence-corrected chi connectivity index (χ3v) is 13.6. The quantitative estimate of drug-likeness (QED) is 0.128. The molecule has 0 amide bonds. The van der Waals surface area contributed by atoms with Gasteiger partial charge in [-0.05, 0) is 98.5 Å². The molecule has 1 heterocycles. The summed E-state index contributed by atoms with van der Waals surface area (Å²) < 4.78 is 0. The fraction of sp³-hybridized carbons (Fsp3) is 0.658. The van der Waals surface area contributed by atoms with Gasteiger partial charge in [0.25, 0.3) is 0 Å². The molecule has 7 N–H and O–H groups in total. The molecule has 10 atom stereocenters. The largest absolute Gasteiger partial charge is 0.390 e. The minimum atomic E-state index is -1.39. The zero-order chi connectivity index (χ0) is 31.0. The fourth-order valence-corrected chi connectivity index (χ4v) is 11.9. The molecule has 5 fully saturated rings. The number of aliphatic hydroxyl groups excluding tert-OH is 1. The Bertz CT molecular complexity index is 1550. The number of hydrogen-bond donors (Lipinski definition) is 6. The predicted molar refractivity (Wildman–Crippen MR) is 177 cm³/mol. The summed E-state index contributed by atoms with van der Waals surface area (Å²) in [7, 11) is 1.65. The number of aliphatic hydroxyl groups is 3. The molecule has 45 heavy (non-hydrogen) atoms. The molecule has 5 saturated carbocycles. The number of nitrogens with zero attached hydrogens (tertiary/aromatic N) is 1. The van der Waals surface area contributed by atoms with E-state index in [2.05, 4.69) is 63.5 Å². The molecule has 7 heteroatoms. The molecule has 2 aromatic rings. The molecule has 0 aliphatic heterocycles. The van der Waals surface area contributed by atoms with Crippen LogP contribution in [0.25, 0.3) is 10.9 Å². The van der Waals surface area contributed by atoms with Crippen molar-refractivity contribution in [3.8, 4) is 11.8 Å². The second-order valence-corrected chi connectivity index (χ2v) is 15.4. The van der Waals surface area contributed by atoms with Gasteiger partial charge in [-0.15, -0.1) is 0 Å². The lowest BCUT2D eigenvalue weighted by molar-refractivity contribution is -0.142. The molecule has 0 unspecified atom stereocenters. The highest BCUT2D eigenvalue weighted by Crippen LogP contribution is 2.71. The average Bonchev–Trinajstić information content (AvgIpc) is 3.53. The third-order valence-electron chi connectivity index (χ3n) is 13.6. The van der Waals surface area contributed by atoms with Crippen LogP contribution in [0.15, 0.2) is 47.0 Å². The number of benzene rings is 1. The van der Waals surface area contributed by atoms with Gasteiger partial charge in [0.15, 0.2) is 5.96 Å². The lowest BCUT2D eigenvalue weighted by atomic mass is 9.48. The Labute approximate surface area is 267 Å².